The molecule has 0 N–H and O–H groups in total. The topological polar surface area (TPSA) is 143 Å². The third-order valence-electron chi connectivity index (χ3n) is 26.0. The third-order valence-corrected chi connectivity index (χ3v) is 26.0. The molecule has 27 aromatic rings. The smallest absolute Gasteiger partial charge is 0.164 e. The van der Waals surface area contributed by atoms with Gasteiger partial charge in [-0.05, 0) is 150 Å². The summed E-state index contributed by atoms with van der Waals surface area (Å²) in [5.74, 6) is 1.92. The van der Waals surface area contributed by atoms with Gasteiger partial charge in [0.15, 0.2) is 17.5 Å². The number of hydrogen-bond acceptors (Lipinski definition) is 11. The molecule has 0 saturated carbocycles. The van der Waals surface area contributed by atoms with Crippen LogP contribution in [-0.4, -0.2) is 39.9 Å². The number of aromatic nitrogens is 8. The van der Waals surface area contributed by atoms with E-state index in [2.05, 4.69) is 355 Å². The highest BCUT2D eigenvalue weighted by atomic mass is 16.3. The molecule has 0 atom stereocenters. The SMILES string of the molecule is c1ccc(-c2cccc3c2oc2c4ccccc4c(-c4ccc(-c5cc(-c6ccccn6)nc(-c6ccccn6)c5)cc4)cc32)cc1.c1ccc(-c2cccc3c2oc2c4ccccc4c(-c4cccc(-c5ccc6ccc7cccnc7c6n5)c4)cc32)cc1.c1ccc(-c2nc(-c3ccccc3)nc(-c3ccc(-c4cccc5c4oc4c6ccccc6c(-c6ccccc6)cc54)cc3)n2)cc1. The molecule has 0 aliphatic carbocycles. The highest BCUT2D eigenvalue weighted by Gasteiger charge is 2.24. The van der Waals surface area contributed by atoms with Crippen LogP contribution in [0.5, 0.6) is 0 Å². The monoisotopic (exact) mass is 1750 g/mol. The summed E-state index contributed by atoms with van der Waals surface area (Å²) < 4.78 is 20.1. The van der Waals surface area contributed by atoms with E-state index < -0.39 is 0 Å². The van der Waals surface area contributed by atoms with Crippen molar-refractivity contribution < 1.29 is 13.3 Å². The highest BCUT2D eigenvalue weighted by molar-refractivity contribution is 6.24. The number of furan rings is 3. The number of hydrogen-bond donors (Lipinski definition) is 0. The van der Waals surface area contributed by atoms with Crippen molar-refractivity contribution in [2.24, 2.45) is 0 Å². The Morgan fingerprint density at radius 3 is 0.891 bits per heavy atom. The molecule has 0 fully saturated rings. The molecule has 0 unspecified atom stereocenters. The number of fused-ring (bicyclic) bond motifs is 18. The second-order valence-electron chi connectivity index (χ2n) is 34.2. The van der Waals surface area contributed by atoms with Gasteiger partial charge in [-0.2, -0.15) is 0 Å². The number of rotatable bonds is 13. The van der Waals surface area contributed by atoms with Crippen molar-refractivity contribution in [3.8, 4) is 146 Å². The lowest BCUT2D eigenvalue weighted by atomic mass is 9.93. The van der Waals surface area contributed by atoms with Crippen LogP contribution in [0.2, 0.25) is 0 Å². The lowest BCUT2D eigenvalue weighted by molar-refractivity contribution is 0.673. The summed E-state index contributed by atoms with van der Waals surface area (Å²) in [4.78, 5) is 38.5. The van der Waals surface area contributed by atoms with E-state index in [1.807, 2.05) is 121 Å². The second-order valence-corrected chi connectivity index (χ2v) is 34.2. The minimum atomic E-state index is 0.631. The summed E-state index contributed by atoms with van der Waals surface area (Å²) in [7, 11) is 0. The highest BCUT2D eigenvalue weighted by Crippen LogP contribution is 2.48. The Labute approximate surface area is 787 Å². The van der Waals surface area contributed by atoms with Crippen molar-refractivity contribution in [2.75, 3.05) is 0 Å². The minimum Gasteiger partial charge on any atom is -0.455 e. The van der Waals surface area contributed by atoms with Gasteiger partial charge in [0.05, 0.1) is 39.5 Å². The summed E-state index contributed by atoms with van der Waals surface area (Å²) >= 11 is 0. The zero-order valence-electron chi connectivity index (χ0n) is 73.8. The summed E-state index contributed by atoms with van der Waals surface area (Å²) in [5, 5.41) is 15.7. The molecule has 0 aliphatic heterocycles. The first-order chi connectivity index (χ1) is 67.9. The van der Waals surface area contributed by atoms with Gasteiger partial charge in [0.25, 0.3) is 0 Å². The fourth-order valence-electron chi connectivity index (χ4n) is 19.4. The maximum Gasteiger partial charge on any atom is 0.164 e. The van der Waals surface area contributed by atoms with Crippen LogP contribution < -0.4 is 0 Å². The normalized spacial score (nSPS) is 11.5. The number of benzene rings is 18. The largest absolute Gasteiger partial charge is 0.455 e. The molecule has 0 radical (unpaired) electrons. The molecule has 0 spiro atoms. The van der Waals surface area contributed by atoms with E-state index >= 15 is 0 Å². The van der Waals surface area contributed by atoms with Gasteiger partial charge in [-0.3, -0.25) is 15.0 Å². The lowest BCUT2D eigenvalue weighted by Crippen LogP contribution is -2.00. The van der Waals surface area contributed by atoms with E-state index in [0.29, 0.717) is 17.5 Å². The van der Waals surface area contributed by atoms with Crippen LogP contribution in [0.3, 0.4) is 0 Å². The molecule has 11 heteroatoms. The third kappa shape index (κ3) is 15.0. The average Bonchev–Trinajstić information content (AvgIpc) is 1.59. The van der Waals surface area contributed by atoms with Gasteiger partial charge < -0.3 is 13.3 Å². The van der Waals surface area contributed by atoms with Gasteiger partial charge in [-0.25, -0.2) is 24.9 Å². The number of para-hydroxylation sites is 3. The van der Waals surface area contributed by atoms with Crippen LogP contribution in [0, 0.1) is 0 Å². The van der Waals surface area contributed by atoms with E-state index in [1.54, 1.807) is 12.4 Å². The van der Waals surface area contributed by atoms with Crippen molar-refractivity contribution in [3.05, 3.63) is 474 Å². The molecule has 0 amide bonds. The summed E-state index contributed by atoms with van der Waals surface area (Å²) in [5.41, 5.74) is 31.2. The van der Waals surface area contributed by atoms with Gasteiger partial charge in [-0.1, -0.05) is 382 Å². The molecule has 27 rings (SSSR count). The molecule has 640 valence electrons. The van der Waals surface area contributed by atoms with Crippen molar-refractivity contribution >= 4 is 120 Å². The Kier molecular flexibility index (Phi) is 20.3. The lowest BCUT2D eigenvalue weighted by Gasteiger charge is -2.11. The molecule has 9 aromatic heterocycles. The Morgan fingerprint density at radius 2 is 0.453 bits per heavy atom. The van der Waals surface area contributed by atoms with E-state index in [4.69, 9.17) is 38.2 Å². The Morgan fingerprint density at radius 1 is 0.139 bits per heavy atom. The van der Waals surface area contributed by atoms with Crippen molar-refractivity contribution in [2.45, 2.75) is 0 Å². The van der Waals surface area contributed by atoms with Crippen molar-refractivity contribution in [1.29, 1.82) is 0 Å². The maximum absolute atomic E-state index is 6.75. The van der Waals surface area contributed by atoms with Gasteiger partial charge >= 0.3 is 0 Å². The zero-order chi connectivity index (χ0) is 90.6. The van der Waals surface area contributed by atoms with Gasteiger partial charge in [-0.15, -0.1) is 0 Å². The fourth-order valence-corrected chi connectivity index (χ4v) is 19.4. The molecule has 0 saturated heterocycles. The van der Waals surface area contributed by atoms with E-state index in [1.165, 1.54) is 27.6 Å². The van der Waals surface area contributed by atoms with E-state index in [-0.39, 0.29) is 0 Å². The first kappa shape index (κ1) is 80.5. The summed E-state index contributed by atoms with van der Waals surface area (Å²) in [6.07, 6.45) is 5.43. The average molecular weight is 1750 g/mol. The molecule has 9 heterocycles. The Hall–Kier alpha value is -18.6. The first-order valence-electron chi connectivity index (χ1n) is 45.9. The molecule has 0 aliphatic rings. The quantitative estimate of drug-likeness (QED) is 0.102. The van der Waals surface area contributed by atoms with Crippen LogP contribution >= 0.6 is 0 Å². The molecule has 137 heavy (non-hydrogen) atoms. The summed E-state index contributed by atoms with van der Waals surface area (Å²) in [6.45, 7) is 0. The number of nitrogens with zero attached hydrogens (tertiary/aromatic N) is 8. The van der Waals surface area contributed by atoms with Gasteiger partial charge in [0, 0.05) is 117 Å². The standard InChI is InChI=1S/2C43H27N3O.C40H24N2O/c1-4-13-28(14-5-1)37-27-38-36-22-12-21-33(39(36)47-40(38)35-20-11-10-19-34(35)37)29-23-25-32(26-24-29)43-45-41(30-15-6-2-7-16-30)44-42(46-43)31-17-8-3-9-18-31;1-2-11-29(12-3-1)32-15-10-16-35-37-27-36(33-13-4-5-14-34(33)43(37)47-42(32)35)30-21-19-28(20-22-30)31-25-40(38-17-6-8-23-44-38)46-41(26-31)39-18-7-9-24-45-39;1-2-9-25(10-3-1)30-16-7-17-33-35-24-34(31-14-4-5-15-32(31)40(35)43-39(30)33)28-11-6-12-29(23-28)36-21-20-27-19-18-26-13-8-22-41-37(26)38(27)42-36/h2*1-27H;1-24H. The molecule has 18 aromatic carbocycles. The Bertz CT molecular complexity index is 9190. The van der Waals surface area contributed by atoms with E-state index in [9.17, 15) is 0 Å². The molecular weight excluding hydrogens is 1670 g/mol. The van der Waals surface area contributed by atoms with Crippen LogP contribution in [0.25, 0.3) is 266 Å². The molecule has 0 bridgehead atoms. The maximum atomic E-state index is 6.75. The Balaban J connectivity index is 0.000000109. The van der Waals surface area contributed by atoms with Crippen LogP contribution in [-0.2, 0) is 0 Å². The van der Waals surface area contributed by atoms with Crippen molar-refractivity contribution in [3.63, 3.8) is 0 Å². The minimum absolute atomic E-state index is 0.631. The van der Waals surface area contributed by atoms with E-state index in [0.717, 1.165) is 221 Å². The van der Waals surface area contributed by atoms with Crippen LogP contribution in [0.15, 0.2) is 487 Å². The zero-order valence-corrected chi connectivity index (χ0v) is 73.8. The number of pyridine rings is 5. The van der Waals surface area contributed by atoms with Gasteiger partial charge in [0.1, 0.15) is 33.5 Å². The summed E-state index contributed by atoms with van der Waals surface area (Å²) in [6, 6.07) is 158. The van der Waals surface area contributed by atoms with Crippen molar-refractivity contribution in [1.82, 2.24) is 39.9 Å². The van der Waals surface area contributed by atoms with Crippen LogP contribution in [0.1, 0.15) is 0 Å². The van der Waals surface area contributed by atoms with Crippen LogP contribution in [0.4, 0.5) is 0 Å². The first-order valence-corrected chi connectivity index (χ1v) is 45.9. The fraction of sp³-hybridized carbons (Fsp3) is 0. The predicted octanol–water partition coefficient (Wildman–Crippen LogP) is 33.4. The molecular formula is C126H78N8O3. The predicted molar refractivity (Wildman–Crippen MR) is 562 cm³/mol. The molecule has 11 nitrogen and oxygen atoms in total. The second kappa shape index (κ2) is 34.6. The van der Waals surface area contributed by atoms with Gasteiger partial charge in [0.2, 0.25) is 0 Å².